The summed E-state index contributed by atoms with van der Waals surface area (Å²) in [6, 6.07) is 0.113. The molecule has 0 saturated carbocycles. The molecule has 2 amide bonds. The summed E-state index contributed by atoms with van der Waals surface area (Å²) in [5.41, 5.74) is 0. The van der Waals surface area contributed by atoms with Crippen molar-refractivity contribution in [3.05, 3.63) is 0 Å². The number of hydrogen-bond acceptors (Lipinski definition) is 3. The second kappa shape index (κ2) is 5.14. The second-order valence-corrected chi connectivity index (χ2v) is 5.19. The third kappa shape index (κ3) is 2.43. The fraction of sp³-hybridized carbons (Fsp3) is 0.833. The highest BCUT2D eigenvalue weighted by Crippen LogP contribution is 2.26. The van der Waals surface area contributed by atoms with E-state index >= 15 is 0 Å². The molecule has 0 radical (unpaired) electrons. The Bertz CT molecular complexity index is 341. The third-order valence-electron chi connectivity index (χ3n) is 3.89. The van der Waals surface area contributed by atoms with E-state index in [0.717, 1.165) is 0 Å². The van der Waals surface area contributed by atoms with Crippen molar-refractivity contribution in [2.75, 3.05) is 32.8 Å². The molecule has 0 spiro atoms. The summed E-state index contributed by atoms with van der Waals surface area (Å²) >= 11 is 0. The Hall–Kier alpha value is -1.30. The predicted molar refractivity (Wildman–Crippen MR) is 64.2 cm³/mol. The molecular formula is C12H20N2O4. The first-order chi connectivity index (χ1) is 8.50. The molecule has 18 heavy (non-hydrogen) atoms. The van der Waals surface area contributed by atoms with Gasteiger partial charge in [-0.15, -0.1) is 0 Å². The van der Waals surface area contributed by atoms with E-state index < -0.39 is 5.97 Å². The second-order valence-electron chi connectivity index (χ2n) is 5.19. The fourth-order valence-electron chi connectivity index (χ4n) is 2.38. The number of morpholine rings is 1. The molecule has 6 nitrogen and oxygen atoms in total. The lowest BCUT2D eigenvalue weighted by Crippen LogP contribution is -2.60. The number of carbonyl (C=O) groups is 2. The zero-order valence-electron chi connectivity index (χ0n) is 10.8. The van der Waals surface area contributed by atoms with Crippen LogP contribution in [0.5, 0.6) is 0 Å². The first kappa shape index (κ1) is 13.1. The summed E-state index contributed by atoms with van der Waals surface area (Å²) < 4.78 is 5.29. The molecule has 2 aliphatic heterocycles. The minimum absolute atomic E-state index is 0.0136. The predicted octanol–water partition coefficient (Wildman–Crippen LogP) is 0.480. The van der Waals surface area contributed by atoms with Crippen LogP contribution in [0, 0.1) is 11.8 Å². The summed E-state index contributed by atoms with van der Waals surface area (Å²) in [6.07, 6.45) is 0. The number of amides is 2. The summed E-state index contributed by atoms with van der Waals surface area (Å²) in [6.45, 7) is 6.55. The minimum atomic E-state index is -0.785. The Morgan fingerprint density at radius 3 is 2.61 bits per heavy atom. The number of carbonyl (C=O) groups excluding carboxylic acids is 1. The van der Waals surface area contributed by atoms with Gasteiger partial charge < -0.3 is 19.6 Å². The van der Waals surface area contributed by atoms with Crippen molar-refractivity contribution in [3.63, 3.8) is 0 Å². The normalized spacial score (nSPS) is 26.7. The number of carboxylic acids is 1. The molecular weight excluding hydrogens is 236 g/mol. The van der Waals surface area contributed by atoms with Gasteiger partial charge in [-0.05, 0) is 6.92 Å². The van der Waals surface area contributed by atoms with Crippen LogP contribution in [-0.2, 0) is 9.53 Å². The van der Waals surface area contributed by atoms with Gasteiger partial charge in [-0.3, -0.25) is 4.79 Å². The van der Waals surface area contributed by atoms with Gasteiger partial charge in [0.2, 0.25) is 0 Å². The maximum atomic E-state index is 12.2. The van der Waals surface area contributed by atoms with E-state index in [-0.39, 0.29) is 23.9 Å². The van der Waals surface area contributed by atoms with E-state index in [1.54, 1.807) is 11.8 Å². The molecule has 2 aliphatic rings. The maximum Gasteiger partial charge on any atom is 0.320 e. The topological polar surface area (TPSA) is 70.1 Å². The Kier molecular flexibility index (Phi) is 3.75. The van der Waals surface area contributed by atoms with E-state index in [1.165, 1.54) is 0 Å². The van der Waals surface area contributed by atoms with Crippen molar-refractivity contribution in [1.29, 1.82) is 0 Å². The van der Waals surface area contributed by atoms with Crippen molar-refractivity contribution in [1.82, 2.24) is 9.80 Å². The van der Waals surface area contributed by atoms with Crippen molar-refractivity contribution in [2.24, 2.45) is 11.8 Å². The van der Waals surface area contributed by atoms with E-state index in [0.29, 0.717) is 32.8 Å². The number of rotatable bonds is 2. The lowest BCUT2D eigenvalue weighted by Gasteiger charge is -2.45. The number of urea groups is 1. The lowest BCUT2D eigenvalue weighted by molar-refractivity contribution is -0.145. The Morgan fingerprint density at radius 2 is 2.06 bits per heavy atom. The molecule has 2 heterocycles. The summed E-state index contributed by atoms with van der Waals surface area (Å²) in [5, 5.41) is 8.90. The van der Waals surface area contributed by atoms with Crippen LogP contribution in [0.1, 0.15) is 13.8 Å². The Morgan fingerprint density at radius 1 is 1.39 bits per heavy atom. The van der Waals surface area contributed by atoms with E-state index in [1.807, 2.05) is 11.8 Å². The van der Waals surface area contributed by atoms with E-state index in [2.05, 4.69) is 0 Å². The first-order valence-electron chi connectivity index (χ1n) is 6.36. The molecule has 2 fully saturated rings. The van der Waals surface area contributed by atoms with Crippen LogP contribution < -0.4 is 0 Å². The quantitative estimate of drug-likeness (QED) is 0.780. The van der Waals surface area contributed by atoms with Crippen molar-refractivity contribution in [3.8, 4) is 0 Å². The van der Waals surface area contributed by atoms with Crippen LogP contribution in [0.3, 0.4) is 0 Å². The highest BCUT2D eigenvalue weighted by molar-refractivity contribution is 5.76. The minimum Gasteiger partial charge on any atom is -0.481 e. The molecule has 2 unspecified atom stereocenters. The van der Waals surface area contributed by atoms with Gasteiger partial charge in [0, 0.05) is 25.6 Å². The molecule has 1 N–H and O–H groups in total. The number of nitrogens with zero attached hydrogens (tertiary/aromatic N) is 2. The smallest absolute Gasteiger partial charge is 0.320 e. The molecule has 0 aromatic heterocycles. The number of aliphatic carboxylic acids is 1. The standard InChI is InChI=1S/C12H20N2O4/c1-8-7-18-4-3-14(8)12(17)13-5-10(6-13)9(2)11(15)16/h8-10H,3-7H2,1-2H3,(H,15,16). The molecule has 0 aromatic carbocycles. The summed E-state index contributed by atoms with van der Waals surface area (Å²) in [5.74, 6) is -1.08. The summed E-state index contributed by atoms with van der Waals surface area (Å²) in [4.78, 5) is 26.5. The van der Waals surface area contributed by atoms with Crippen molar-refractivity contribution >= 4 is 12.0 Å². The largest absolute Gasteiger partial charge is 0.481 e. The number of likely N-dealkylation sites (tertiary alicyclic amines) is 1. The fourth-order valence-corrected chi connectivity index (χ4v) is 2.38. The van der Waals surface area contributed by atoms with Gasteiger partial charge in [0.25, 0.3) is 0 Å². The van der Waals surface area contributed by atoms with Crippen LogP contribution in [0.2, 0.25) is 0 Å². The van der Waals surface area contributed by atoms with Gasteiger partial charge in [-0.1, -0.05) is 6.92 Å². The van der Waals surface area contributed by atoms with Gasteiger partial charge in [0.1, 0.15) is 0 Å². The molecule has 6 heteroatoms. The SMILES string of the molecule is CC(C(=O)O)C1CN(C(=O)N2CCOCC2C)C1. The molecule has 2 rings (SSSR count). The van der Waals surface area contributed by atoms with Gasteiger partial charge >= 0.3 is 12.0 Å². The number of hydrogen-bond donors (Lipinski definition) is 1. The van der Waals surface area contributed by atoms with Gasteiger partial charge in [-0.25, -0.2) is 4.79 Å². The van der Waals surface area contributed by atoms with E-state index in [9.17, 15) is 9.59 Å². The van der Waals surface area contributed by atoms with Gasteiger partial charge in [0.05, 0.1) is 25.2 Å². The zero-order valence-corrected chi connectivity index (χ0v) is 10.8. The monoisotopic (exact) mass is 256 g/mol. The van der Waals surface area contributed by atoms with Crippen molar-refractivity contribution in [2.45, 2.75) is 19.9 Å². The van der Waals surface area contributed by atoms with Crippen molar-refractivity contribution < 1.29 is 19.4 Å². The average molecular weight is 256 g/mol. The van der Waals surface area contributed by atoms with Crippen LogP contribution in [-0.4, -0.2) is 65.8 Å². The maximum absolute atomic E-state index is 12.2. The molecule has 102 valence electrons. The molecule has 2 atom stereocenters. The molecule has 0 aromatic rings. The van der Waals surface area contributed by atoms with Crippen LogP contribution in [0.4, 0.5) is 4.79 Å². The first-order valence-corrected chi connectivity index (χ1v) is 6.36. The lowest BCUT2D eigenvalue weighted by atomic mass is 9.87. The van der Waals surface area contributed by atoms with Crippen LogP contribution >= 0.6 is 0 Å². The number of ether oxygens (including phenoxy) is 1. The zero-order chi connectivity index (χ0) is 13.3. The number of carboxylic acid groups (broad SMARTS) is 1. The third-order valence-corrected chi connectivity index (χ3v) is 3.89. The average Bonchev–Trinajstić information content (AvgIpc) is 2.27. The molecule has 0 aliphatic carbocycles. The highest BCUT2D eigenvalue weighted by Gasteiger charge is 2.39. The highest BCUT2D eigenvalue weighted by atomic mass is 16.5. The van der Waals surface area contributed by atoms with Gasteiger partial charge in [0.15, 0.2) is 0 Å². The Balaban J connectivity index is 1.84. The summed E-state index contributed by atoms with van der Waals surface area (Å²) in [7, 11) is 0. The Labute approximate surface area is 106 Å². The molecule has 2 saturated heterocycles. The van der Waals surface area contributed by atoms with Crippen LogP contribution in [0.15, 0.2) is 0 Å². The van der Waals surface area contributed by atoms with Crippen LogP contribution in [0.25, 0.3) is 0 Å². The van der Waals surface area contributed by atoms with Gasteiger partial charge in [-0.2, -0.15) is 0 Å². The molecule has 0 bridgehead atoms. The van der Waals surface area contributed by atoms with E-state index in [4.69, 9.17) is 9.84 Å².